The predicted octanol–water partition coefficient (Wildman–Crippen LogP) is 8.64. The topological polar surface area (TPSA) is 0 Å². The van der Waals surface area contributed by atoms with E-state index in [1.54, 1.807) is 0 Å². The molecule has 0 aliphatic carbocycles. The minimum atomic E-state index is -1.04. The minimum absolute atomic E-state index is 0. The van der Waals surface area contributed by atoms with Crippen molar-refractivity contribution in [1.82, 2.24) is 0 Å². The van der Waals surface area contributed by atoms with Crippen LogP contribution in [-0.4, -0.2) is 0 Å². The standard InChI is InChI=1S/2C20H23P.Cu.HI/c1-5-12-18(13-6-2)21(19(14-7-3)15-8-4)20-16-10-9-11-17-20;1-5-9-15-18(8-4)21(19(13-6-2)14-7-3)20-16-11-10-12-17-20;;/h5-17H,1,3H2,2,4H3;5-17H,1-2H2,3-4H3;;1H/q;;+1;/p+1/b13-6-,15-8-,18-12+,19-14+;14-7-,15-9-,18-8+,19-13+;;. The zero-order valence-corrected chi connectivity index (χ0v) is 31.6. The average molecular weight is 781 g/mol. The molecule has 0 fully saturated rings. The Morgan fingerprint density at radius 3 is 1.11 bits per heavy atom. The molecule has 2 aromatic carbocycles. The summed E-state index contributed by atoms with van der Waals surface area (Å²) in [6, 6.07) is 21.3. The van der Waals surface area contributed by atoms with Gasteiger partial charge in [-0.1, -0.05) is 111 Å². The summed E-state index contributed by atoms with van der Waals surface area (Å²) < 4.78 is 0. The van der Waals surface area contributed by atoms with Crippen molar-refractivity contribution in [2.45, 2.75) is 27.7 Å². The number of allylic oxidation sites excluding steroid dienone is 20. The molecule has 0 spiro atoms. The van der Waals surface area contributed by atoms with Crippen LogP contribution in [0.2, 0.25) is 0 Å². The zero-order chi connectivity index (χ0) is 31.0. The molecule has 0 aromatic heterocycles. The fourth-order valence-electron chi connectivity index (χ4n) is 4.29. The van der Waals surface area contributed by atoms with Gasteiger partial charge in [-0.3, -0.25) is 0 Å². The average Bonchev–Trinajstić information content (AvgIpc) is 3.01. The quantitative estimate of drug-likeness (QED) is 0.0780. The van der Waals surface area contributed by atoms with Gasteiger partial charge in [-0.25, -0.2) is 0 Å². The van der Waals surface area contributed by atoms with Crippen LogP contribution >= 0.6 is 15.8 Å². The fraction of sp³-hybridized carbons (Fsp3) is 0.100. The number of benzene rings is 2. The Balaban J connectivity index is 0. The van der Waals surface area contributed by atoms with Gasteiger partial charge >= 0.3 is 17.1 Å². The summed E-state index contributed by atoms with van der Waals surface area (Å²) in [5.41, 5.74) is 0. The molecule has 1 atom stereocenters. The van der Waals surface area contributed by atoms with Gasteiger partial charge in [0, 0.05) is 0 Å². The first-order valence-corrected chi connectivity index (χ1v) is 17.2. The van der Waals surface area contributed by atoms with Gasteiger partial charge in [0.1, 0.15) is 26.6 Å². The summed E-state index contributed by atoms with van der Waals surface area (Å²) in [7, 11) is -2.06. The van der Waals surface area contributed by atoms with Crippen LogP contribution in [0.4, 0.5) is 0 Å². The molecule has 0 heterocycles. The normalized spacial score (nSPS) is 13.9. The van der Waals surface area contributed by atoms with Crippen molar-refractivity contribution >= 4 is 26.5 Å². The van der Waals surface area contributed by atoms with E-state index >= 15 is 0 Å². The molecular formula is C40H48CuIP2+2. The summed E-state index contributed by atoms with van der Waals surface area (Å²) >= 11 is 0. The van der Waals surface area contributed by atoms with E-state index in [1.807, 2.05) is 44.2 Å². The van der Waals surface area contributed by atoms with Gasteiger partial charge < -0.3 is 24.0 Å². The van der Waals surface area contributed by atoms with Crippen LogP contribution in [0, 0.1) is 0 Å². The summed E-state index contributed by atoms with van der Waals surface area (Å²) in [5.74, 6) is 0. The molecule has 234 valence electrons. The van der Waals surface area contributed by atoms with Crippen molar-refractivity contribution in [3.63, 3.8) is 0 Å². The molecule has 0 bridgehead atoms. The van der Waals surface area contributed by atoms with E-state index < -0.39 is 15.8 Å². The van der Waals surface area contributed by atoms with Gasteiger partial charge in [0.05, 0.1) is 21.2 Å². The summed E-state index contributed by atoms with van der Waals surface area (Å²) in [5, 5.41) is 8.03. The molecule has 0 radical (unpaired) electrons. The van der Waals surface area contributed by atoms with Crippen LogP contribution in [0.25, 0.3) is 0 Å². The zero-order valence-electron chi connectivity index (χ0n) is 26.5. The smallest absolute Gasteiger partial charge is 1.00 e. The van der Waals surface area contributed by atoms with Gasteiger partial charge in [0.15, 0.2) is 0 Å². The Morgan fingerprint density at radius 1 is 0.500 bits per heavy atom. The third kappa shape index (κ3) is 15.4. The Bertz CT molecular complexity index is 1340. The van der Waals surface area contributed by atoms with Gasteiger partial charge in [0.2, 0.25) is 0 Å². The van der Waals surface area contributed by atoms with E-state index in [1.165, 1.54) is 31.9 Å². The van der Waals surface area contributed by atoms with Gasteiger partial charge in [-0.15, -0.1) is 0 Å². The van der Waals surface area contributed by atoms with Gasteiger partial charge in [-0.2, -0.15) is 0 Å². The molecule has 0 N–H and O–H groups in total. The first kappa shape index (κ1) is 43.6. The number of hydrogen-bond acceptors (Lipinski definition) is 0. The van der Waals surface area contributed by atoms with Gasteiger partial charge in [0.25, 0.3) is 0 Å². The largest absolute Gasteiger partial charge is 1.00 e. The Labute approximate surface area is 298 Å². The van der Waals surface area contributed by atoms with E-state index in [4.69, 9.17) is 0 Å². The molecule has 44 heavy (non-hydrogen) atoms. The molecular weight excluding hydrogens is 733 g/mol. The SMILES string of the molecule is C=C/C=C(\C=C/C)[PH+](C(/C=C\C)=C/C=C)c1ccccc1.C=C/C=C\C(=C/C)[PH+](C(/C=C\C)=C/C=C)c1ccccc1.[Cu+].[I-]. The maximum absolute atomic E-state index is 3.86. The molecule has 0 saturated carbocycles. The van der Waals surface area contributed by atoms with Crippen LogP contribution in [0.1, 0.15) is 27.7 Å². The Hall–Kier alpha value is -2.57. The van der Waals surface area contributed by atoms with Crippen molar-refractivity contribution in [3.05, 3.63) is 205 Å². The van der Waals surface area contributed by atoms with E-state index in [-0.39, 0.29) is 41.0 Å². The van der Waals surface area contributed by atoms with Gasteiger partial charge in [-0.05, 0) is 101 Å². The minimum Gasteiger partial charge on any atom is -1.00 e. The van der Waals surface area contributed by atoms with Crippen molar-refractivity contribution < 1.29 is 41.0 Å². The van der Waals surface area contributed by atoms with E-state index in [2.05, 4.69) is 168 Å². The molecule has 0 amide bonds. The molecule has 2 aromatic rings. The number of rotatable bonds is 14. The fourth-order valence-corrected chi connectivity index (χ4v) is 9.75. The third-order valence-corrected chi connectivity index (χ3v) is 11.5. The number of hydrogen-bond donors (Lipinski definition) is 0. The first-order chi connectivity index (χ1) is 20.6. The summed E-state index contributed by atoms with van der Waals surface area (Å²) in [6.07, 6.45) is 32.9. The molecule has 2 rings (SSSR count). The summed E-state index contributed by atoms with van der Waals surface area (Å²) in [4.78, 5) is 0. The maximum atomic E-state index is 3.86. The molecule has 0 saturated heterocycles. The second kappa shape index (κ2) is 27.9. The van der Waals surface area contributed by atoms with Crippen LogP contribution < -0.4 is 34.6 Å². The Morgan fingerprint density at radius 2 is 0.841 bits per heavy atom. The van der Waals surface area contributed by atoms with Crippen molar-refractivity contribution in [3.8, 4) is 0 Å². The van der Waals surface area contributed by atoms with Crippen molar-refractivity contribution in [2.24, 2.45) is 0 Å². The third-order valence-electron chi connectivity index (χ3n) is 5.93. The van der Waals surface area contributed by atoms with E-state index in [0.29, 0.717) is 0 Å². The van der Waals surface area contributed by atoms with Crippen LogP contribution in [-0.2, 0) is 17.1 Å². The maximum Gasteiger partial charge on any atom is 1.00 e. The Kier molecular flexibility index (Phi) is 27.7. The number of halogens is 1. The predicted molar refractivity (Wildman–Crippen MR) is 201 cm³/mol. The first-order valence-electron chi connectivity index (χ1n) is 14.2. The van der Waals surface area contributed by atoms with Crippen LogP contribution in [0.5, 0.6) is 0 Å². The van der Waals surface area contributed by atoms with Crippen LogP contribution in [0.15, 0.2) is 205 Å². The molecule has 0 aliphatic rings. The van der Waals surface area contributed by atoms with E-state index in [0.717, 1.165) is 0 Å². The second-order valence-electron chi connectivity index (χ2n) is 8.89. The second-order valence-corrected chi connectivity index (χ2v) is 13.9. The monoisotopic (exact) mass is 780 g/mol. The van der Waals surface area contributed by atoms with E-state index in [9.17, 15) is 0 Å². The van der Waals surface area contributed by atoms with Crippen LogP contribution in [0.3, 0.4) is 0 Å². The molecule has 1 unspecified atom stereocenters. The van der Waals surface area contributed by atoms with Crippen molar-refractivity contribution in [2.75, 3.05) is 0 Å². The molecule has 0 aliphatic heterocycles. The van der Waals surface area contributed by atoms with Crippen molar-refractivity contribution in [1.29, 1.82) is 0 Å². The summed E-state index contributed by atoms with van der Waals surface area (Å²) in [6.45, 7) is 23.6. The molecule has 0 nitrogen and oxygen atoms in total. The molecule has 4 heteroatoms.